The van der Waals surface area contributed by atoms with Crippen LogP contribution in [-0.2, 0) is 32.6 Å². The van der Waals surface area contributed by atoms with Gasteiger partial charge in [0.2, 0.25) is 11.8 Å². The Hall–Kier alpha value is -3.85. The Morgan fingerprint density at radius 3 is 2.09 bits per heavy atom. The fourth-order valence-electron chi connectivity index (χ4n) is 4.89. The maximum atomic E-state index is 14.5. The molecule has 2 amide bonds. The molecule has 0 saturated carbocycles. The van der Waals surface area contributed by atoms with Gasteiger partial charge in [0.05, 0.1) is 10.6 Å². The highest BCUT2D eigenvalue weighted by atomic mass is 35.5. The Kier molecular flexibility index (Phi) is 11.3. The molecule has 0 radical (unpaired) electrons. The van der Waals surface area contributed by atoms with Crippen LogP contribution in [0.4, 0.5) is 5.69 Å². The number of benzene rings is 4. The van der Waals surface area contributed by atoms with Crippen LogP contribution in [0.5, 0.6) is 0 Å². The van der Waals surface area contributed by atoms with Crippen LogP contribution in [0.2, 0.25) is 10.0 Å². The molecule has 1 N–H and O–H groups in total. The summed E-state index contributed by atoms with van der Waals surface area (Å²) < 4.78 is 29.4. The van der Waals surface area contributed by atoms with E-state index in [-0.39, 0.29) is 29.8 Å². The molecular weight excluding hydrogens is 629 g/mol. The van der Waals surface area contributed by atoms with E-state index >= 15 is 0 Å². The number of amides is 2. The summed E-state index contributed by atoms with van der Waals surface area (Å²) in [7, 11) is -4.23. The molecule has 0 saturated heterocycles. The van der Waals surface area contributed by atoms with Crippen molar-refractivity contribution in [3.63, 3.8) is 0 Å². The summed E-state index contributed by atoms with van der Waals surface area (Å²) in [6, 6.07) is 26.4. The summed E-state index contributed by atoms with van der Waals surface area (Å²) >= 11 is 12.6. The Labute approximate surface area is 275 Å². The molecule has 45 heavy (non-hydrogen) atoms. The van der Waals surface area contributed by atoms with Gasteiger partial charge in [-0.25, -0.2) is 8.42 Å². The average molecular weight is 667 g/mol. The predicted octanol–water partition coefficient (Wildman–Crippen LogP) is 6.97. The fourth-order valence-corrected chi connectivity index (χ4v) is 6.62. The Morgan fingerprint density at radius 2 is 1.47 bits per heavy atom. The number of sulfonamides is 1. The molecule has 4 aromatic carbocycles. The minimum Gasteiger partial charge on any atom is -0.352 e. The van der Waals surface area contributed by atoms with Gasteiger partial charge in [0.25, 0.3) is 10.0 Å². The molecule has 0 aliphatic heterocycles. The summed E-state index contributed by atoms with van der Waals surface area (Å²) in [4.78, 5) is 29.7. The normalized spacial score (nSPS) is 12.1. The summed E-state index contributed by atoms with van der Waals surface area (Å²) in [5, 5.41) is 3.76. The summed E-state index contributed by atoms with van der Waals surface area (Å²) in [5.74, 6) is -0.918. The van der Waals surface area contributed by atoms with Crippen LogP contribution in [0, 0.1) is 13.8 Å². The largest absolute Gasteiger partial charge is 0.352 e. The molecule has 236 valence electrons. The van der Waals surface area contributed by atoms with Crippen LogP contribution < -0.4 is 9.62 Å². The van der Waals surface area contributed by atoms with E-state index in [9.17, 15) is 18.0 Å². The molecule has 4 aromatic rings. The highest BCUT2D eigenvalue weighted by molar-refractivity contribution is 7.92. The lowest BCUT2D eigenvalue weighted by molar-refractivity contribution is -0.140. The van der Waals surface area contributed by atoms with Gasteiger partial charge in [-0.1, -0.05) is 77.8 Å². The van der Waals surface area contributed by atoms with Crippen molar-refractivity contribution in [2.45, 2.75) is 57.6 Å². The molecule has 10 heteroatoms. The van der Waals surface area contributed by atoms with Gasteiger partial charge in [0, 0.05) is 29.1 Å². The predicted molar refractivity (Wildman–Crippen MR) is 181 cm³/mol. The molecule has 0 bridgehead atoms. The molecule has 0 unspecified atom stereocenters. The van der Waals surface area contributed by atoms with E-state index in [1.165, 1.54) is 29.2 Å². The first-order chi connectivity index (χ1) is 21.4. The highest BCUT2D eigenvalue weighted by Gasteiger charge is 2.35. The topological polar surface area (TPSA) is 86.8 Å². The molecule has 0 aromatic heterocycles. The first-order valence-corrected chi connectivity index (χ1v) is 16.8. The highest BCUT2D eigenvalue weighted by Crippen LogP contribution is 2.28. The van der Waals surface area contributed by atoms with E-state index in [4.69, 9.17) is 23.2 Å². The van der Waals surface area contributed by atoms with Crippen LogP contribution in [0.25, 0.3) is 0 Å². The third kappa shape index (κ3) is 8.66. The van der Waals surface area contributed by atoms with Crippen LogP contribution in [-0.4, -0.2) is 43.8 Å². The first-order valence-electron chi connectivity index (χ1n) is 14.6. The number of carbonyl (C=O) groups is 2. The van der Waals surface area contributed by atoms with Gasteiger partial charge in [-0.05, 0) is 92.4 Å². The van der Waals surface area contributed by atoms with E-state index in [0.717, 1.165) is 21.0 Å². The zero-order valence-electron chi connectivity index (χ0n) is 25.7. The number of hydrogen-bond acceptors (Lipinski definition) is 4. The van der Waals surface area contributed by atoms with Crippen LogP contribution in [0.3, 0.4) is 0 Å². The fraction of sp³-hybridized carbons (Fsp3) is 0.257. The second kappa shape index (κ2) is 15.0. The van der Waals surface area contributed by atoms with E-state index in [1.807, 2.05) is 64.1 Å². The van der Waals surface area contributed by atoms with E-state index < -0.39 is 28.5 Å². The third-order valence-corrected chi connectivity index (χ3v) is 9.87. The van der Waals surface area contributed by atoms with Crippen molar-refractivity contribution in [2.24, 2.45) is 0 Å². The number of aryl methyl sites for hydroxylation is 2. The maximum Gasteiger partial charge on any atom is 0.264 e. The van der Waals surface area contributed by atoms with Gasteiger partial charge < -0.3 is 10.2 Å². The van der Waals surface area contributed by atoms with Crippen molar-refractivity contribution in [1.29, 1.82) is 0 Å². The van der Waals surface area contributed by atoms with Gasteiger partial charge in [0.1, 0.15) is 12.6 Å². The monoisotopic (exact) mass is 665 g/mol. The molecule has 0 aliphatic carbocycles. The molecule has 7 nitrogen and oxygen atoms in total. The quantitative estimate of drug-likeness (QED) is 0.177. The molecule has 0 fully saturated rings. The van der Waals surface area contributed by atoms with Crippen LogP contribution in [0.15, 0.2) is 102 Å². The van der Waals surface area contributed by atoms with Crippen molar-refractivity contribution >= 4 is 50.7 Å². The average Bonchev–Trinajstić information content (AvgIpc) is 3.00. The summed E-state index contributed by atoms with van der Waals surface area (Å²) in [5.41, 5.74) is 3.63. The second-order valence-corrected chi connectivity index (χ2v) is 13.9. The smallest absolute Gasteiger partial charge is 0.264 e. The lowest BCUT2D eigenvalue weighted by atomic mass is 10.0. The van der Waals surface area contributed by atoms with Crippen molar-refractivity contribution < 1.29 is 18.0 Å². The number of rotatable bonds is 12. The zero-order chi connectivity index (χ0) is 32.7. The first kappa shape index (κ1) is 34.0. The summed E-state index contributed by atoms with van der Waals surface area (Å²) in [6.07, 6.45) is 0.211. The van der Waals surface area contributed by atoms with Crippen LogP contribution >= 0.6 is 23.2 Å². The number of hydrogen-bond donors (Lipinski definition) is 1. The van der Waals surface area contributed by atoms with Gasteiger partial charge in [-0.3, -0.25) is 13.9 Å². The van der Waals surface area contributed by atoms with Crippen molar-refractivity contribution in [2.75, 3.05) is 10.8 Å². The van der Waals surface area contributed by atoms with E-state index in [0.29, 0.717) is 21.3 Å². The van der Waals surface area contributed by atoms with Crippen molar-refractivity contribution in [3.8, 4) is 0 Å². The van der Waals surface area contributed by atoms with Crippen LogP contribution in [0.1, 0.15) is 36.1 Å². The van der Waals surface area contributed by atoms with E-state index in [2.05, 4.69) is 5.32 Å². The molecule has 0 spiro atoms. The molecule has 0 aliphatic rings. The van der Waals surface area contributed by atoms with Gasteiger partial charge in [-0.15, -0.1) is 0 Å². The van der Waals surface area contributed by atoms with Gasteiger partial charge >= 0.3 is 0 Å². The SMILES string of the molecule is Cc1ccc(N(CC(=O)N(Cc2ccccc2Cl)[C@@H](Cc2ccccc2)C(=O)NC(C)C)S(=O)(=O)c2ccc(Cl)cc2)cc1C. The third-order valence-electron chi connectivity index (χ3n) is 7.46. The Morgan fingerprint density at radius 1 is 0.822 bits per heavy atom. The molecule has 4 rings (SSSR count). The number of nitrogens with zero attached hydrogens (tertiary/aromatic N) is 2. The minimum absolute atomic E-state index is 0.0106. The lowest BCUT2D eigenvalue weighted by Crippen LogP contribution is -2.54. The molecule has 1 atom stereocenters. The lowest BCUT2D eigenvalue weighted by Gasteiger charge is -2.34. The molecule has 0 heterocycles. The molecular formula is C35H37Cl2N3O4S. The van der Waals surface area contributed by atoms with Crippen molar-refractivity contribution in [3.05, 3.63) is 129 Å². The van der Waals surface area contributed by atoms with Crippen molar-refractivity contribution in [1.82, 2.24) is 10.2 Å². The summed E-state index contributed by atoms with van der Waals surface area (Å²) in [6.45, 7) is 6.93. The van der Waals surface area contributed by atoms with Gasteiger partial charge in [0.15, 0.2) is 0 Å². The number of halogens is 2. The van der Waals surface area contributed by atoms with Gasteiger partial charge in [-0.2, -0.15) is 0 Å². The number of anilines is 1. The maximum absolute atomic E-state index is 14.5. The zero-order valence-corrected chi connectivity index (χ0v) is 28.0. The standard InChI is InChI=1S/C35H37Cl2N3O4S/c1-24(2)38-35(42)33(21-27-10-6-5-7-11-27)39(22-28-12-8-9-13-32(28)37)34(41)23-40(30-17-14-25(3)26(4)20-30)45(43,44)31-18-15-29(36)16-19-31/h5-20,24,33H,21-23H2,1-4H3,(H,38,42)/t33-/m0/s1. The Balaban J connectivity index is 1.83. The second-order valence-electron chi connectivity index (χ2n) is 11.2. The number of carbonyl (C=O) groups excluding carboxylic acids is 2. The Bertz CT molecular complexity index is 1750. The van der Waals surface area contributed by atoms with E-state index in [1.54, 1.807) is 36.4 Å². The number of nitrogens with one attached hydrogen (secondary N) is 1. The minimum atomic E-state index is -4.23.